The van der Waals surface area contributed by atoms with E-state index in [-0.39, 0.29) is 5.76 Å². The lowest BCUT2D eigenvalue weighted by Gasteiger charge is -2.03. The fraction of sp³-hybridized carbons (Fsp3) is 0.267. The van der Waals surface area contributed by atoms with Gasteiger partial charge in [0.2, 0.25) is 5.76 Å². The summed E-state index contributed by atoms with van der Waals surface area (Å²) in [7, 11) is 1.92. The van der Waals surface area contributed by atoms with Crippen molar-refractivity contribution in [3.8, 4) is 0 Å². The molecule has 0 saturated heterocycles. The van der Waals surface area contributed by atoms with Crippen molar-refractivity contribution in [1.29, 1.82) is 0 Å². The van der Waals surface area contributed by atoms with Crippen molar-refractivity contribution in [2.24, 2.45) is 12.0 Å². The Labute approximate surface area is 125 Å². The number of fused-ring (bicyclic) bond motifs is 1. The summed E-state index contributed by atoms with van der Waals surface area (Å²) in [6, 6.07) is 5.73. The minimum absolute atomic E-state index is 0.165. The monoisotopic (exact) mass is 301 g/mol. The first-order chi connectivity index (χ1) is 9.97. The Morgan fingerprint density at radius 1 is 1.33 bits per heavy atom. The molecule has 5 nitrogen and oxygen atoms in total. The van der Waals surface area contributed by atoms with E-state index in [2.05, 4.69) is 36.1 Å². The van der Waals surface area contributed by atoms with Crippen LogP contribution in [0, 0.1) is 20.8 Å². The number of nitrogens with zero attached hydrogens (tertiary/aromatic N) is 3. The molecule has 2 heterocycles. The lowest BCUT2D eigenvalue weighted by molar-refractivity contribution is 0.0962. The highest BCUT2D eigenvalue weighted by molar-refractivity contribution is 7.16. The lowest BCUT2D eigenvalue weighted by atomic mass is 10.1. The number of benzene rings is 1. The standard InChI is InChI=1S/C15H15N3O2S/c1-8-5-6-12-13(10(8)3)18(4)15(21-12)16-14(19)11-7-9(2)17-20-11/h5-7H,1-4H3. The maximum absolute atomic E-state index is 12.1. The number of amides is 1. The van der Waals surface area contributed by atoms with Gasteiger partial charge in [-0.1, -0.05) is 22.6 Å². The first kappa shape index (κ1) is 13.8. The summed E-state index contributed by atoms with van der Waals surface area (Å²) < 4.78 is 8.02. The Kier molecular flexibility index (Phi) is 3.25. The number of rotatable bonds is 1. The molecule has 0 bridgehead atoms. The third-order valence-electron chi connectivity index (χ3n) is 3.52. The van der Waals surface area contributed by atoms with Gasteiger partial charge in [-0.3, -0.25) is 4.79 Å². The smallest absolute Gasteiger partial charge is 0.318 e. The number of aromatic nitrogens is 2. The Hall–Kier alpha value is -2.21. The molecular formula is C15H15N3O2S. The number of hydrogen-bond donors (Lipinski definition) is 0. The van der Waals surface area contributed by atoms with Crippen LogP contribution in [0.2, 0.25) is 0 Å². The molecule has 0 spiro atoms. The first-order valence-electron chi connectivity index (χ1n) is 6.55. The van der Waals surface area contributed by atoms with Crippen LogP contribution in [-0.4, -0.2) is 15.6 Å². The molecule has 0 N–H and O–H groups in total. The van der Waals surface area contributed by atoms with Gasteiger partial charge in [0.15, 0.2) is 4.80 Å². The van der Waals surface area contributed by atoms with Gasteiger partial charge in [0, 0.05) is 13.1 Å². The molecule has 0 aliphatic heterocycles. The molecule has 1 amide bonds. The second-order valence-electron chi connectivity index (χ2n) is 5.05. The summed E-state index contributed by atoms with van der Waals surface area (Å²) in [6.45, 7) is 5.92. The van der Waals surface area contributed by atoms with Gasteiger partial charge in [-0.25, -0.2) is 0 Å². The van der Waals surface area contributed by atoms with Crippen molar-refractivity contribution < 1.29 is 9.32 Å². The third kappa shape index (κ3) is 2.31. The largest absolute Gasteiger partial charge is 0.351 e. The summed E-state index contributed by atoms with van der Waals surface area (Å²) in [5.41, 5.74) is 4.20. The third-order valence-corrected chi connectivity index (χ3v) is 4.62. The Morgan fingerprint density at radius 2 is 2.10 bits per heavy atom. The minimum atomic E-state index is -0.410. The predicted octanol–water partition coefficient (Wildman–Crippen LogP) is 2.89. The molecular weight excluding hydrogens is 286 g/mol. The Bertz CT molecular complexity index is 915. The van der Waals surface area contributed by atoms with E-state index in [1.165, 1.54) is 22.5 Å². The predicted molar refractivity (Wildman–Crippen MR) is 81.4 cm³/mol. The highest BCUT2D eigenvalue weighted by Gasteiger charge is 2.12. The van der Waals surface area contributed by atoms with Crippen LogP contribution < -0.4 is 4.80 Å². The summed E-state index contributed by atoms with van der Waals surface area (Å²) in [6.07, 6.45) is 0. The van der Waals surface area contributed by atoms with Gasteiger partial charge in [0.05, 0.1) is 15.9 Å². The normalized spacial score (nSPS) is 12.3. The average molecular weight is 301 g/mol. The topological polar surface area (TPSA) is 60.4 Å². The summed E-state index contributed by atoms with van der Waals surface area (Å²) in [5.74, 6) is -0.245. The van der Waals surface area contributed by atoms with Crippen molar-refractivity contribution in [2.45, 2.75) is 20.8 Å². The van der Waals surface area contributed by atoms with Crippen molar-refractivity contribution in [2.75, 3.05) is 0 Å². The molecule has 0 atom stereocenters. The zero-order chi connectivity index (χ0) is 15.1. The van der Waals surface area contributed by atoms with E-state index in [0.29, 0.717) is 10.5 Å². The molecule has 0 radical (unpaired) electrons. The second kappa shape index (κ2) is 4.96. The molecule has 0 aliphatic carbocycles. The van der Waals surface area contributed by atoms with Gasteiger partial charge in [0.25, 0.3) is 0 Å². The van der Waals surface area contributed by atoms with Crippen LogP contribution in [0.15, 0.2) is 27.7 Å². The number of thiazole rings is 1. The van der Waals surface area contributed by atoms with Crippen LogP contribution in [0.1, 0.15) is 27.4 Å². The van der Waals surface area contributed by atoms with E-state index in [1.54, 1.807) is 13.0 Å². The van der Waals surface area contributed by atoms with E-state index < -0.39 is 5.91 Å². The molecule has 6 heteroatoms. The molecule has 3 aromatic rings. The maximum atomic E-state index is 12.1. The molecule has 3 rings (SSSR count). The minimum Gasteiger partial charge on any atom is -0.351 e. The summed E-state index contributed by atoms with van der Waals surface area (Å²) in [4.78, 5) is 16.9. The molecule has 0 aliphatic rings. The van der Waals surface area contributed by atoms with Gasteiger partial charge in [-0.05, 0) is 38.0 Å². The van der Waals surface area contributed by atoms with Crippen molar-refractivity contribution >= 4 is 27.5 Å². The molecule has 0 fully saturated rings. The van der Waals surface area contributed by atoms with E-state index in [9.17, 15) is 4.79 Å². The number of aryl methyl sites for hydroxylation is 4. The fourth-order valence-corrected chi connectivity index (χ4v) is 3.32. The average Bonchev–Trinajstić information content (AvgIpc) is 3.00. The molecule has 21 heavy (non-hydrogen) atoms. The van der Waals surface area contributed by atoms with E-state index >= 15 is 0 Å². The highest BCUT2D eigenvalue weighted by Crippen LogP contribution is 2.23. The van der Waals surface area contributed by atoms with Crippen molar-refractivity contribution in [3.05, 3.63) is 45.6 Å². The van der Waals surface area contributed by atoms with E-state index in [4.69, 9.17) is 4.52 Å². The molecule has 0 saturated carbocycles. The summed E-state index contributed by atoms with van der Waals surface area (Å²) in [5, 5.41) is 3.71. The SMILES string of the molecule is Cc1cc(C(=O)N=c2sc3ccc(C)c(C)c3n2C)on1. The Balaban J connectivity index is 2.17. The maximum Gasteiger partial charge on any atom is 0.318 e. The van der Waals surface area contributed by atoms with Gasteiger partial charge in [-0.15, -0.1) is 0 Å². The fourth-order valence-electron chi connectivity index (χ4n) is 2.24. The van der Waals surface area contributed by atoms with E-state index in [0.717, 1.165) is 10.2 Å². The van der Waals surface area contributed by atoms with Crippen molar-refractivity contribution in [1.82, 2.24) is 9.72 Å². The van der Waals surface area contributed by atoms with Gasteiger partial charge >= 0.3 is 5.91 Å². The number of carbonyl (C=O) groups excluding carboxylic acids is 1. The molecule has 1 aromatic carbocycles. The van der Waals surface area contributed by atoms with Gasteiger partial charge < -0.3 is 9.09 Å². The Morgan fingerprint density at radius 3 is 2.76 bits per heavy atom. The van der Waals surface area contributed by atoms with Crippen LogP contribution in [0.25, 0.3) is 10.2 Å². The highest BCUT2D eigenvalue weighted by atomic mass is 32.1. The first-order valence-corrected chi connectivity index (χ1v) is 7.37. The second-order valence-corrected chi connectivity index (χ2v) is 6.06. The van der Waals surface area contributed by atoms with Gasteiger partial charge in [0.1, 0.15) is 0 Å². The lowest BCUT2D eigenvalue weighted by Crippen LogP contribution is -2.13. The zero-order valence-corrected chi connectivity index (χ0v) is 13.1. The van der Waals surface area contributed by atoms with E-state index in [1.807, 2.05) is 11.6 Å². The quantitative estimate of drug-likeness (QED) is 0.694. The molecule has 2 aromatic heterocycles. The zero-order valence-electron chi connectivity index (χ0n) is 12.3. The number of carbonyl (C=O) groups is 1. The van der Waals surface area contributed by atoms with Crippen LogP contribution in [0.4, 0.5) is 0 Å². The summed E-state index contributed by atoms with van der Waals surface area (Å²) >= 11 is 1.49. The number of hydrogen-bond acceptors (Lipinski definition) is 4. The van der Waals surface area contributed by atoms with Crippen LogP contribution >= 0.6 is 11.3 Å². The van der Waals surface area contributed by atoms with Crippen molar-refractivity contribution in [3.63, 3.8) is 0 Å². The van der Waals surface area contributed by atoms with Crippen LogP contribution in [0.3, 0.4) is 0 Å². The molecule has 108 valence electrons. The van der Waals surface area contributed by atoms with Crippen LogP contribution in [0.5, 0.6) is 0 Å². The van der Waals surface area contributed by atoms with Gasteiger partial charge in [-0.2, -0.15) is 4.99 Å². The molecule has 0 unspecified atom stereocenters. The van der Waals surface area contributed by atoms with Crippen LogP contribution in [-0.2, 0) is 7.05 Å².